The Labute approximate surface area is 184 Å². The Morgan fingerprint density at radius 3 is 2.78 bits per heavy atom. The number of oxazole rings is 1. The van der Waals surface area contributed by atoms with Crippen LogP contribution in [0.5, 0.6) is 0 Å². The minimum absolute atomic E-state index is 0.466. The zero-order chi connectivity index (χ0) is 21.7. The predicted octanol–water partition coefficient (Wildman–Crippen LogP) is 4.43. The largest absolute Gasteiger partial charge is 0.417 e. The Morgan fingerprint density at radius 2 is 1.91 bits per heavy atom. The molecule has 2 aromatic carbocycles. The average molecular weight is 428 g/mol. The maximum Gasteiger partial charge on any atom is 0.417 e. The molecule has 1 aliphatic heterocycles. The van der Waals surface area contributed by atoms with Crippen molar-refractivity contribution < 1.29 is 4.42 Å². The van der Waals surface area contributed by atoms with E-state index >= 15 is 0 Å². The van der Waals surface area contributed by atoms with E-state index in [-0.39, 0.29) is 0 Å². The second-order valence-corrected chi connectivity index (χ2v) is 8.80. The minimum atomic E-state index is -0.466. The molecule has 1 fully saturated rings. The zero-order valence-electron chi connectivity index (χ0n) is 17.8. The molecule has 0 unspecified atom stereocenters. The number of nitrogens with zero attached hydrogens (tertiary/aromatic N) is 3. The van der Waals surface area contributed by atoms with Crippen molar-refractivity contribution in [1.29, 1.82) is 0 Å². The second kappa shape index (κ2) is 7.49. The van der Waals surface area contributed by atoms with Gasteiger partial charge >= 0.3 is 5.76 Å². The normalized spacial score (nSPS) is 15.8. The van der Waals surface area contributed by atoms with Gasteiger partial charge in [-0.3, -0.25) is 9.88 Å². The minimum Gasteiger partial charge on any atom is -0.408 e. The van der Waals surface area contributed by atoms with Gasteiger partial charge in [-0.1, -0.05) is 6.07 Å². The smallest absolute Gasteiger partial charge is 0.408 e. The third kappa shape index (κ3) is 3.85. The molecule has 4 aromatic rings. The van der Waals surface area contributed by atoms with Gasteiger partial charge in [0.2, 0.25) is 5.95 Å². The Morgan fingerprint density at radius 1 is 1.09 bits per heavy atom. The van der Waals surface area contributed by atoms with E-state index in [1.807, 2.05) is 19.1 Å². The highest BCUT2D eigenvalue weighted by Gasteiger charge is 2.27. The van der Waals surface area contributed by atoms with Crippen LogP contribution in [-0.4, -0.2) is 26.4 Å². The van der Waals surface area contributed by atoms with Crippen molar-refractivity contribution in [3.63, 3.8) is 0 Å². The summed E-state index contributed by atoms with van der Waals surface area (Å²) in [6.45, 7) is 5.23. The SMILES string of the molecule is Cc1cnc(Nc2ccc3c(c2)CN(CC2CC2)C3)nc1Nc1ccc2oc(=O)[nH]c2c1. The van der Waals surface area contributed by atoms with Gasteiger partial charge in [0.1, 0.15) is 5.82 Å². The van der Waals surface area contributed by atoms with Crippen molar-refractivity contribution >= 4 is 34.2 Å². The Bertz CT molecular complexity index is 1370. The van der Waals surface area contributed by atoms with Crippen LogP contribution in [0.1, 0.15) is 29.5 Å². The molecular formula is C24H24N6O2. The summed E-state index contributed by atoms with van der Waals surface area (Å²) in [6, 6.07) is 11.9. The summed E-state index contributed by atoms with van der Waals surface area (Å²) in [5, 5.41) is 6.65. The van der Waals surface area contributed by atoms with E-state index in [9.17, 15) is 4.79 Å². The first-order valence-electron chi connectivity index (χ1n) is 10.9. The van der Waals surface area contributed by atoms with Crippen LogP contribution in [0.25, 0.3) is 11.1 Å². The molecule has 0 atom stereocenters. The lowest BCUT2D eigenvalue weighted by atomic mass is 10.1. The number of hydrogen-bond donors (Lipinski definition) is 3. The van der Waals surface area contributed by atoms with E-state index in [1.54, 1.807) is 12.3 Å². The summed E-state index contributed by atoms with van der Waals surface area (Å²) in [5.41, 5.74) is 6.66. The van der Waals surface area contributed by atoms with Crippen molar-refractivity contribution in [2.45, 2.75) is 32.9 Å². The maximum absolute atomic E-state index is 11.4. The molecule has 0 amide bonds. The van der Waals surface area contributed by atoms with Crippen LogP contribution in [-0.2, 0) is 13.1 Å². The van der Waals surface area contributed by atoms with Crippen LogP contribution in [0, 0.1) is 12.8 Å². The molecule has 8 nitrogen and oxygen atoms in total. The first kappa shape index (κ1) is 19.1. The standard InChI is InChI=1S/C24H24N6O2/c1-14-10-25-23(29-22(14)26-19-6-7-21-20(9-19)28-24(31)32-21)27-18-5-4-16-12-30(11-15-2-3-15)13-17(16)8-18/h4-10,15H,2-3,11-13H2,1H3,(H,28,31)(H2,25,26,27,29). The van der Waals surface area contributed by atoms with E-state index < -0.39 is 5.76 Å². The second-order valence-electron chi connectivity index (χ2n) is 8.80. The summed E-state index contributed by atoms with van der Waals surface area (Å²) in [5.74, 6) is 1.67. The number of aromatic nitrogens is 3. The highest BCUT2D eigenvalue weighted by Crippen LogP contribution is 2.34. The van der Waals surface area contributed by atoms with Gasteiger partial charge in [-0.2, -0.15) is 4.98 Å². The van der Waals surface area contributed by atoms with Crippen molar-refractivity contribution in [3.05, 3.63) is 69.8 Å². The van der Waals surface area contributed by atoms with Gasteiger partial charge in [0.05, 0.1) is 5.52 Å². The van der Waals surface area contributed by atoms with E-state index in [0.29, 0.717) is 22.9 Å². The van der Waals surface area contributed by atoms with Crippen LogP contribution in [0.4, 0.5) is 23.1 Å². The lowest BCUT2D eigenvalue weighted by Gasteiger charge is -2.13. The number of aryl methyl sites for hydroxylation is 1. The lowest BCUT2D eigenvalue weighted by molar-refractivity contribution is 0.272. The quantitative estimate of drug-likeness (QED) is 0.418. The van der Waals surface area contributed by atoms with Crippen LogP contribution in [0.15, 0.2) is 51.8 Å². The Hall–Kier alpha value is -3.65. The van der Waals surface area contributed by atoms with Gasteiger partial charge in [-0.05, 0) is 67.1 Å². The molecule has 162 valence electrons. The van der Waals surface area contributed by atoms with Gasteiger partial charge in [0, 0.05) is 42.8 Å². The van der Waals surface area contributed by atoms with Gasteiger partial charge in [0.25, 0.3) is 0 Å². The van der Waals surface area contributed by atoms with Crippen molar-refractivity contribution in [3.8, 4) is 0 Å². The monoisotopic (exact) mass is 428 g/mol. The van der Waals surface area contributed by atoms with Crippen molar-refractivity contribution in [2.75, 3.05) is 17.2 Å². The highest BCUT2D eigenvalue weighted by molar-refractivity contribution is 5.78. The molecule has 1 aliphatic carbocycles. The summed E-state index contributed by atoms with van der Waals surface area (Å²) in [7, 11) is 0. The van der Waals surface area contributed by atoms with Crippen molar-refractivity contribution in [1.82, 2.24) is 19.9 Å². The number of hydrogen-bond acceptors (Lipinski definition) is 7. The number of H-pyrrole nitrogens is 1. The number of aromatic amines is 1. The van der Waals surface area contributed by atoms with Crippen LogP contribution in [0.2, 0.25) is 0 Å². The molecule has 2 aromatic heterocycles. The third-order valence-electron chi connectivity index (χ3n) is 6.12. The topological polar surface area (TPSA) is 99.1 Å². The molecule has 8 heteroatoms. The first-order chi connectivity index (χ1) is 15.6. The van der Waals surface area contributed by atoms with Gasteiger partial charge < -0.3 is 15.1 Å². The third-order valence-corrected chi connectivity index (χ3v) is 6.12. The van der Waals surface area contributed by atoms with Gasteiger partial charge in [-0.15, -0.1) is 0 Å². The fourth-order valence-corrected chi connectivity index (χ4v) is 4.26. The van der Waals surface area contributed by atoms with Crippen LogP contribution in [0.3, 0.4) is 0 Å². The summed E-state index contributed by atoms with van der Waals surface area (Å²) >= 11 is 0. The maximum atomic E-state index is 11.4. The molecule has 0 radical (unpaired) electrons. The van der Waals surface area contributed by atoms with E-state index in [1.165, 1.54) is 30.5 Å². The molecule has 2 aliphatic rings. The summed E-state index contributed by atoms with van der Waals surface area (Å²) in [4.78, 5) is 25.7. The van der Waals surface area contributed by atoms with E-state index in [0.717, 1.165) is 35.9 Å². The lowest BCUT2D eigenvalue weighted by Crippen LogP contribution is -2.18. The average Bonchev–Trinajstić information content (AvgIpc) is 3.36. The molecule has 0 saturated heterocycles. The van der Waals surface area contributed by atoms with E-state index in [2.05, 4.69) is 48.7 Å². The van der Waals surface area contributed by atoms with Gasteiger partial charge in [0.15, 0.2) is 5.58 Å². The molecule has 32 heavy (non-hydrogen) atoms. The van der Waals surface area contributed by atoms with Crippen LogP contribution >= 0.6 is 0 Å². The first-order valence-corrected chi connectivity index (χ1v) is 10.9. The fourth-order valence-electron chi connectivity index (χ4n) is 4.26. The van der Waals surface area contributed by atoms with E-state index in [4.69, 9.17) is 4.42 Å². The fraction of sp³-hybridized carbons (Fsp3) is 0.292. The zero-order valence-corrected chi connectivity index (χ0v) is 17.8. The molecule has 6 rings (SSSR count). The van der Waals surface area contributed by atoms with Crippen LogP contribution < -0.4 is 16.4 Å². The highest BCUT2D eigenvalue weighted by atomic mass is 16.4. The summed E-state index contributed by atoms with van der Waals surface area (Å²) < 4.78 is 5.06. The number of nitrogens with one attached hydrogen (secondary N) is 3. The predicted molar refractivity (Wildman–Crippen MR) is 123 cm³/mol. The number of fused-ring (bicyclic) bond motifs is 2. The Balaban J connectivity index is 1.20. The Kier molecular flexibility index (Phi) is 4.46. The number of rotatable bonds is 6. The van der Waals surface area contributed by atoms with Crippen molar-refractivity contribution in [2.24, 2.45) is 5.92 Å². The molecule has 3 heterocycles. The molecule has 0 bridgehead atoms. The molecular weight excluding hydrogens is 404 g/mol. The van der Waals surface area contributed by atoms with Gasteiger partial charge in [-0.25, -0.2) is 9.78 Å². The molecule has 0 spiro atoms. The number of benzene rings is 2. The summed E-state index contributed by atoms with van der Waals surface area (Å²) in [6.07, 6.45) is 4.56. The molecule has 1 saturated carbocycles. The number of anilines is 4. The molecule has 3 N–H and O–H groups in total.